The Balaban J connectivity index is 1.39. The van der Waals surface area contributed by atoms with E-state index in [1.54, 1.807) is 18.2 Å². The maximum absolute atomic E-state index is 12.6. The van der Waals surface area contributed by atoms with E-state index in [0.717, 1.165) is 23.5 Å². The lowest BCUT2D eigenvalue weighted by Gasteiger charge is -2.15. The van der Waals surface area contributed by atoms with E-state index < -0.39 is 11.0 Å². The molecule has 168 valence electrons. The molecule has 0 aliphatic carbocycles. The quantitative estimate of drug-likeness (QED) is 0.323. The topological polar surface area (TPSA) is 55.8 Å². The number of nitrogens with zero attached hydrogens (tertiary/aromatic N) is 1. The highest BCUT2D eigenvalue weighted by Crippen LogP contribution is 2.28. The van der Waals surface area contributed by atoms with Crippen LogP contribution in [0, 0.1) is 0 Å². The van der Waals surface area contributed by atoms with E-state index >= 15 is 0 Å². The molecule has 0 saturated heterocycles. The lowest BCUT2D eigenvalue weighted by Crippen LogP contribution is -2.29. The summed E-state index contributed by atoms with van der Waals surface area (Å²) in [6.07, 6.45) is 7.06. The van der Waals surface area contributed by atoms with Crippen molar-refractivity contribution >= 4 is 16.9 Å². The van der Waals surface area contributed by atoms with Crippen LogP contribution in [0.5, 0.6) is 11.5 Å². The van der Waals surface area contributed by atoms with Gasteiger partial charge in [-0.15, -0.1) is 0 Å². The number of hydrogen-bond acceptors (Lipinski definition) is 4. The first kappa shape index (κ1) is 23.5. The molecule has 5 nitrogen and oxygen atoms in total. The smallest absolute Gasteiger partial charge is 0.266 e. The van der Waals surface area contributed by atoms with Crippen molar-refractivity contribution in [1.29, 1.82) is 0 Å². The summed E-state index contributed by atoms with van der Waals surface area (Å²) < 4.78 is 25.7. The van der Waals surface area contributed by atoms with Crippen LogP contribution in [0.3, 0.4) is 0 Å². The average molecular weight is 452 g/mol. The van der Waals surface area contributed by atoms with E-state index in [2.05, 4.69) is 6.58 Å². The number of allylic oxidation sites excluding steroid dienone is 3. The predicted octanol–water partition coefficient (Wildman–Crippen LogP) is 5.34. The standard InChI is InChI=1S/C26H29NO4S/c1-3-5-13-24-25(4-2)32(29)27(26(24)28)18-9-10-19-30-22-14-16-23(17-15-22)31-20-21-11-7-6-8-12-21/h3,5-8,11-17H,1,4,9-10,18-20H2,2H3/b13-5-. The molecule has 1 heterocycles. The third-order valence-corrected chi connectivity index (χ3v) is 6.66. The largest absolute Gasteiger partial charge is 0.494 e. The molecule has 0 saturated carbocycles. The fourth-order valence-corrected chi connectivity index (χ4v) is 4.70. The SMILES string of the molecule is C=C/C=C\C1=C(CC)S(=O)N(CCCCOc2ccc(OCc3ccccc3)cc2)C1=O. The van der Waals surface area contributed by atoms with Crippen molar-refractivity contribution in [3.63, 3.8) is 0 Å². The van der Waals surface area contributed by atoms with Gasteiger partial charge in [0.15, 0.2) is 11.0 Å². The molecule has 2 aromatic carbocycles. The molecule has 0 spiro atoms. The molecule has 1 aliphatic rings. The van der Waals surface area contributed by atoms with Crippen LogP contribution in [-0.2, 0) is 22.4 Å². The van der Waals surface area contributed by atoms with Gasteiger partial charge in [0, 0.05) is 6.54 Å². The molecule has 0 N–H and O–H groups in total. The molecule has 0 fully saturated rings. The molecule has 0 bridgehead atoms. The fourth-order valence-electron chi connectivity index (χ4n) is 3.30. The molecular weight excluding hydrogens is 422 g/mol. The fraction of sp³-hybridized carbons (Fsp3) is 0.269. The van der Waals surface area contributed by atoms with Crippen LogP contribution in [0.4, 0.5) is 0 Å². The summed E-state index contributed by atoms with van der Waals surface area (Å²) in [5, 5.41) is 0. The van der Waals surface area contributed by atoms with Gasteiger partial charge >= 0.3 is 0 Å². The van der Waals surface area contributed by atoms with Gasteiger partial charge < -0.3 is 9.47 Å². The Kier molecular flexibility index (Phi) is 8.87. The van der Waals surface area contributed by atoms with Gasteiger partial charge in [-0.1, -0.05) is 56.0 Å². The molecule has 3 rings (SSSR count). The summed E-state index contributed by atoms with van der Waals surface area (Å²) in [7, 11) is -1.40. The van der Waals surface area contributed by atoms with Crippen molar-refractivity contribution in [2.75, 3.05) is 13.2 Å². The Morgan fingerprint density at radius 2 is 1.69 bits per heavy atom. The second-order valence-corrected chi connectivity index (χ2v) is 8.67. The van der Waals surface area contributed by atoms with Gasteiger partial charge in [-0.3, -0.25) is 9.10 Å². The molecule has 32 heavy (non-hydrogen) atoms. The molecule has 6 heteroatoms. The summed E-state index contributed by atoms with van der Waals surface area (Å²) in [4.78, 5) is 13.3. The van der Waals surface area contributed by atoms with Crippen LogP contribution in [-0.4, -0.2) is 27.6 Å². The number of ether oxygens (including phenoxy) is 2. The van der Waals surface area contributed by atoms with Crippen LogP contribution < -0.4 is 9.47 Å². The second-order valence-electron chi connectivity index (χ2n) is 7.24. The third kappa shape index (κ3) is 6.20. The first-order chi connectivity index (χ1) is 15.6. The molecule has 1 amide bonds. The van der Waals surface area contributed by atoms with Gasteiger partial charge in [-0.25, -0.2) is 4.21 Å². The minimum atomic E-state index is -1.40. The van der Waals surface area contributed by atoms with Crippen LogP contribution in [0.1, 0.15) is 31.7 Å². The summed E-state index contributed by atoms with van der Waals surface area (Å²) in [5.41, 5.74) is 1.65. The molecule has 1 atom stereocenters. The van der Waals surface area contributed by atoms with Gasteiger partial charge in [0.05, 0.1) is 17.1 Å². The highest BCUT2D eigenvalue weighted by Gasteiger charge is 2.34. The highest BCUT2D eigenvalue weighted by atomic mass is 32.2. The third-order valence-electron chi connectivity index (χ3n) is 4.98. The number of carbonyl (C=O) groups excluding carboxylic acids is 1. The summed E-state index contributed by atoms with van der Waals surface area (Å²) >= 11 is 0. The maximum atomic E-state index is 12.6. The normalized spacial score (nSPS) is 16.1. The Morgan fingerprint density at radius 3 is 2.34 bits per heavy atom. The minimum absolute atomic E-state index is 0.176. The van der Waals surface area contributed by atoms with Crippen LogP contribution in [0.2, 0.25) is 0 Å². The number of rotatable bonds is 12. The molecule has 0 aromatic heterocycles. The predicted molar refractivity (Wildman–Crippen MR) is 128 cm³/mol. The Labute approximate surface area is 192 Å². The zero-order valence-electron chi connectivity index (χ0n) is 18.4. The number of amides is 1. The van der Waals surface area contributed by atoms with Gasteiger partial charge in [0.1, 0.15) is 18.1 Å². The van der Waals surface area contributed by atoms with Gasteiger partial charge in [0.25, 0.3) is 5.91 Å². The molecular formula is C26H29NO4S. The van der Waals surface area contributed by atoms with Crippen molar-refractivity contribution in [2.45, 2.75) is 32.8 Å². The average Bonchev–Trinajstić information content (AvgIpc) is 3.05. The Morgan fingerprint density at radius 1 is 1.00 bits per heavy atom. The molecule has 2 aromatic rings. The van der Waals surface area contributed by atoms with E-state index in [-0.39, 0.29) is 5.91 Å². The Bertz CT molecular complexity index is 996. The van der Waals surface area contributed by atoms with E-state index in [9.17, 15) is 9.00 Å². The highest BCUT2D eigenvalue weighted by molar-refractivity contribution is 7.87. The van der Waals surface area contributed by atoms with E-state index in [1.165, 1.54) is 4.31 Å². The van der Waals surface area contributed by atoms with Gasteiger partial charge in [-0.2, -0.15) is 0 Å². The van der Waals surface area contributed by atoms with Crippen molar-refractivity contribution in [3.8, 4) is 11.5 Å². The number of unbranched alkanes of at least 4 members (excludes halogenated alkanes) is 1. The monoisotopic (exact) mass is 451 g/mol. The number of carbonyl (C=O) groups is 1. The van der Waals surface area contributed by atoms with E-state index in [4.69, 9.17) is 9.47 Å². The zero-order chi connectivity index (χ0) is 22.8. The minimum Gasteiger partial charge on any atom is -0.494 e. The zero-order valence-corrected chi connectivity index (χ0v) is 19.2. The summed E-state index contributed by atoms with van der Waals surface area (Å²) in [6.45, 7) is 7.03. The van der Waals surface area contributed by atoms with Crippen molar-refractivity contribution in [3.05, 3.63) is 95.4 Å². The lowest BCUT2D eigenvalue weighted by molar-refractivity contribution is -0.121. The van der Waals surface area contributed by atoms with Crippen molar-refractivity contribution in [2.24, 2.45) is 0 Å². The van der Waals surface area contributed by atoms with E-state index in [0.29, 0.717) is 43.1 Å². The first-order valence-corrected chi connectivity index (χ1v) is 11.9. The maximum Gasteiger partial charge on any atom is 0.266 e. The molecule has 0 radical (unpaired) electrons. The van der Waals surface area contributed by atoms with Crippen LogP contribution in [0.15, 0.2) is 89.9 Å². The van der Waals surface area contributed by atoms with E-state index in [1.807, 2.05) is 61.5 Å². The van der Waals surface area contributed by atoms with Crippen LogP contribution >= 0.6 is 0 Å². The van der Waals surface area contributed by atoms with Crippen molar-refractivity contribution < 1.29 is 18.5 Å². The van der Waals surface area contributed by atoms with Gasteiger partial charge in [-0.05, 0) is 55.2 Å². The van der Waals surface area contributed by atoms with Crippen molar-refractivity contribution in [1.82, 2.24) is 4.31 Å². The molecule has 1 aliphatic heterocycles. The summed E-state index contributed by atoms with van der Waals surface area (Å²) in [5.74, 6) is 1.38. The Hall–Kier alpha value is -3.12. The lowest BCUT2D eigenvalue weighted by atomic mass is 10.2. The summed E-state index contributed by atoms with van der Waals surface area (Å²) in [6, 6.07) is 17.6. The first-order valence-electron chi connectivity index (χ1n) is 10.8. The van der Waals surface area contributed by atoms with Gasteiger partial charge in [0.2, 0.25) is 0 Å². The van der Waals surface area contributed by atoms with Crippen LogP contribution in [0.25, 0.3) is 0 Å². The second kappa shape index (κ2) is 12.1. The number of benzene rings is 2. The number of hydrogen-bond donors (Lipinski definition) is 0. The molecule has 1 unspecified atom stereocenters.